The number of nitrogens with one attached hydrogen (secondary N) is 2. The molecule has 1 fully saturated rings. The Morgan fingerprint density at radius 3 is 2.89 bits per heavy atom. The van der Waals surface area contributed by atoms with Crippen LogP contribution in [0, 0.1) is 11.8 Å². The van der Waals surface area contributed by atoms with Crippen LogP contribution in [0.2, 0.25) is 0 Å². The first-order chi connectivity index (χ1) is 9.20. The predicted octanol–water partition coefficient (Wildman–Crippen LogP) is 2.82. The van der Waals surface area contributed by atoms with Gasteiger partial charge in [0.25, 0.3) is 0 Å². The van der Waals surface area contributed by atoms with Crippen LogP contribution in [0.5, 0.6) is 0 Å². The van der Waals surface area contributed by atoms with E-state index in [1.165, 1.54) is 5.56 Å². The standard InChI is InChI=1S/C16H24N2O/c1-3-6-13-7-4-5-8-15(13)18-16(19)14-9-12(2)10-17-11-14/h4-5,7-8,12,14,17H,3,6,9-11H2,1-2H3,(H,18,19). The van der Waals surface area contributed by atoms with Crippen LogP contribution in [-0.4, -0.2) is 19.0 Å². The van der Waals surface area contributed by atoms with Gasteiger partial charge in [0.15, 0.2) is 0 Å². The molecule has 19 heavy (non-hydrogen) atoms. The number of carbonyl (C=O) groups excluding carboxylic acids is 1. The number of aryl methyl sites for hydroxylation is 1. The third kappa shape index (κ3) is 3.80. The molecular weight excluding hydrogens is 236 g/mol. The van der Waals surface area contributed by atoms with Crippen LogP contribution in [0.3, 0.4) is 0 Å². The Morgan fingerprint density at radius 2 is 2.16 bits per heavy atom. The van der Waals surface area contributed by atoms with Crippen LogP contribution in [0.1, 0.15) is 32.3 Å². The summed E-state index contributed by atoms with van der Waals surface area (Å²) >= 11 is 0. The normalized spacial score (nSPS) is 23.1. The topological polar surface area (TPSA) is 41.1 Å². The minimum atomic E-state index is 0.0958. The number of hydrogen-bond acceptors (Lipinski definition) is 2. The molecule has 104 valence electrons. The summed E-state index contributed by atoms with van der Waals surface area (Å²) in [5.74, 6) is 0.830. The smallest absolute Gasteiger partial charge is 0.228 e. The molecule has 2 unspecified atom stereocenters. The molecule has 2 N–H and O–H groups in total. The molecule has 1 saturated heterocycles. The third-order valence-corrected chi connectivity index (χ3v) is 3.74. The summed E-state index contributed by atoms with van der Waals surface area (Å²) in [6, 6.07) is 8.12. The summed E-state index contributed by atoms with van der Waals surface area (Å²) in [4.78, 5) is 12.3. The molecule has 0 spiro atoms. The Balaban J connectivity index is 2.02. The summed E-state index contributed by atoms with van der Waals surface area (Å²) < 4.78 is 0. The highest BCUT2D eigenvalue weighted by molar-refractivity contribution is 5.93. The quantitative estimate of drug-likeness (QED) is 0.874. The van der Waals surface area contributed by atoms with Crippen molar-refractivity contribution in [1.29, 1.82) is 0 Å². The number of anilines is 1. The van der Waals surface area contributed by atoms with Gasteiger partial charge in [-0.05, 0) is 36.9 Å². The maximum atomic E-state index is 12.3. The molecule has 1 heterocycles. The molecule has 0 aromatic heterocycles. The number of para-hydroxylation sites is 1. The van der Waals surface area contributed by atoms with Crippen LogP contribution >= 0.6 is 0 Å². The molecule has 1 aliphatic heterocycles. The first-order valence-electron chi connectivity index (χ1n) is 7.30. The lowest BCUT2D eigenvalue weighted by Crippen LogP contribution is -2.41. The van der Waals surface area contributed by atoms with Crippen LogP contribution in [0.4, 0.5) is 5.69 Å². The molecule has 3 nitrogen and oxygen atoms in total. The zero-order chi connectivity index (χ0) is 13.7. The average molecular weight is 260 g/mol. The van der Waals surface area contributed by atoms with Crippen LogP contribution in [0.15, 0.2) is 24.3 Å². The fourth-order valence-electron chi connectivity index (χ4n) is 2.72. The first kappa shape index (κ1) is 14.1. The lowest BCUT2D eigenvalue weighted by atomic mass is 9.91. The number of benzene rings is 1. The van der Waals surface area contributed by atoms with E-state index in [1.54, 1.807) is 0 Å². The van der Waals surface area contributed by atoms with Crippen molar-refractivity contribution >= 4 is 11.6 Å². The van der Waals surface area contributed by atoms with Gasteiger partial charge in [0.1, 0.15) is 0 Å². The Morgan fingerprint density at radius 1 is 1.37 bits per heavy atom. The second-order valence-corrected chi connectivity index (χ2v) is 5.59. The maximum absolute atomic E-state index is 12.3. The van der Waals surface area contributed by atoms with Crippen molar-refractivity contribution in [3.05, 3.63) is 29.8 Å². The zero-order valence-corrected chi connectivity index (χ0v) is 11.9. The number of hydrogen-bond donors (Lipinski definition) is 2. The molecule has 2 atom stereocenters. The van der Waals surface area contributed by atoms with Gasteiger partial charge in [-0.1, -0.05) is 38.5 Å². The van der Waals surface area contributed by atoms with Crippen LogP contribution in [0.25, 0.3) is 0 Å². The predicted molar refractivity (Wildman–Crippen MR) is 79.2 cm³/mol. The van der Waals surface area contributed by atoms with Gasteiger partial charge in [0, 0.05) is 12.2 Å². The number of amides is 1. The molecule has 1 aromatic rings. The first-order valence-corrected chi connectivity index (χ1v) is 7.30. The fraction of sp³-hybridized carbons (Fsp3) is 0.562. The molecule has 0 radical (unpaired) electrons. The number of rotatable bonds is 4. The summed E-state index contributed by atoms with van der Waals surface area (Å²) in [6.45, 7) is 6.17. The van der Waals surface area contributed by atoms with E-state index >= 15 is 0 Å². The van der Waals surface area contributed by atoms with E-state index in [0.717, 1.165) is 38.0 Å². The van der Waals surface area contributed by atoms with E-state index in [9.17, 15) is 4.79 Å². The monoisotopic (exact) mass is 260 g/mol. The Bertz CT molecular complexity index is 431. The van der Waals surface area contributed by atoms with Gasteiger partial charge >= 0.3 is 0 Å². The van der Waals surface area contributed by atoms with Crippen LogP contribution in [-0.2, 0) is 11.2 Å². The maximum Gasteiger partial charge on any atom is 0.228 e. The van der Waals surface area contributed by atoms with Crippen molar-refractivity contribution in [1.82, 2.24) is 5.32 Å². The Hall–Kier alpha value is -1.35. The van der Waals surface area contributed by atoms with Gasteiger partial charge in [0.05, 0.1) is 5.92 Å². The van der Waals surface area contributed by atoms with E-state index in [4.69, 9.17) is 0 Å². The molecule has 1 amide bonds. The lowest BCUT2D eigenvalue weighted by molar-refractivity contribution is -0.120. The van der Waals surface area contributed by atoms with E-state index in [1.807, 2.05) is 18.2 Å². The van der Waals surface area contributed by atoms with Crippen LogP contribution < -0.4 is 10.6 Å². The summed E-state index contributed by atoms with van der Waals surface area (Å²) in [6.07, 6.45) is 3.08. The van der Waals surface area contributed by atoms with E-state index in [0.29, 0.717) is 5.92 Å². The van der Waals surface area contributed by atoms with Gasteiger partial charge in [-0.25, -0.2) is 0 Å². The van der Waals surface area contributed by atoms with Gasteiger partial charge < -0.3 is 10.6 Å². The molecule has 2 rings (SSSR count). The highest BCUT2D eigenvalue weighted by Gasteiger charge is 2.25. The van der Waals surface area contributed by atoms with Crippen molar-refractivity contribution in [2.24, 2.45) is 11.8 Å². The molecule has 0 aliphatic carbocycles. The molecule has 1 aliphatic rings. The third-order valence-electron chi connectivity index (χ3n) is 3.74. The van der Waals surface area contributed by atoms with E-state index in [-0.39, 0.29) is 11.8 Å². The zero-order valence-electron chi connectivity index (χ0n) is 11.9. The Labute approximate surface area is 115 Å². The minimum absolute atomic E-state index is 0.0958. The van der Waals surface area contributed by atoms with Gasteiger partial charge in [0.2, 0.25) is 5.91 Å². The molecular formula is C16H24N2O. The Kier molecular flexibility index (Phi) is 4.97. The molecule has 1 aromatic carbocycles. The van der Waals surface area contributed by atoms with Crippen molar-refractivity contribution in [2.45, 2.75) is 33.1 Å². The second kappa shape index (κ2) is 6.71. The second-order valence-electron chi connectivity index (χ2n) is 5.59. The van der Waals surface area contributed by atoms with E-state index < -0.39 is 0 Å². The van der Waals surface area contributed by atoms with Gasteiger partial charge in [-0.2, -0.15) is 0 Å². The SMILES string of the molecule is CCCc1ccccc1NC(=O)C1CNCC(C)C1. The van der Waals surface area contributed by atoms with Crippen molar-refractivity contribution < 1.29 is 4.79 Å². The van der Waals surface area contributed by atoms with Gasteiger partial charge in [-0.3, -0.25) is 4.79 Å². The molecule has 0 bridgehead atoms. The van der Waals surface area contributed by atoms with Crippen molar-refractivity contribution in [3.63, 3.8) is 0 Å². The minimum Gasteiger partial charge on any atom is -0.326 e. The summed E-state index contributed by atoms with van der Waals surface area (Å²) in [7, 11) is 0. The summed E-state index contributed by atoms with van der Waals surface area (Å²) in [5, 5.41) is 6.44. The molecule has 3 heteroatoms. The fourth-order valence-corrected chi connectivity index (χ4v) is 2.72. The number of carbonyl (C=O) groups is 1. The van der Waals surface area contributed by atoms with Crippen molar-refractivity contribution in [3.8, 4) is 0 Å². The largest absolute Gasteiger partial charge is 0.326 e. The average Bonchev–Trinajstić information content (AvgIpc) is 2.41. The number of piperidine rings is 1. The van der Waals surface area contributed by atoms with E-state index in [2.05, 4.69) is 30.5 Å². The van der Waals surface area contributed by atoms with Gasteiger partial charge in [-0.15, -0.1) is 0 Å². The summed E-state index contributed by atoms with van der Waals surface area (Å²) in [5.41, 5.74) is 2.21. The van der Waals surface area contributed by atoms with Crippen molar-refractivity contribution in [2.75, 3.05) is 18.4 Å². The molecule has 0 saturated carbocycles. The highest BCUT2D eigenvalue weighted by atomic mass is 16.1. The highest BCUT2D eigenvalue weighted by Crippen LogP contribution is 2.21. The lowest BCUT2D eigenvalue weighted by Gasteiger charge is -2.27.